The van der Waals surface area contributed by atoms with Crippen LogP contribution < -0.4 is 31.2 Å². The van der Waals surface area contributed by atoms with Crippen molar-refractivity contribution in [1.82, 2.24) is 19.6 Å². The molecule has 170 valence electrons. The van der Waals surface area contributed by atoms with E-state index in [0.717, 1.165) is 27.6 Å². The van der Waals surface area contributed by atoms with Crippen LogP contribution >= 0.6 is 0 Å². The van der Waals surface area contributed by atoms with E-state index in [0.29, 0.717) is 30.5 Å². The molecule has 2 aromatic heterocycles. The van der Waals surface area contributed by atoms with Crippen molar-refractivity contribution in [1.29, 1.82) is 0 Å². The van der Waals surface area contributed by atoms with E-state index in [1.807, 2.05) is 53.2 Å². The molecule has 0 radical (unpaired) electrons. The number of aromatic nitrogens is 5. The molecule has 0 unspecified atom stereocenters. The minimum absolute atomic E-state index is 0. The van der Waals surface area contributed by atoms with Crippen LogP contribution in [0.2, 0.25) is 0 Å². The van der Waals surface area contributed by atoms with Gasteiger partial charge in [0.2, 0.25) is 12.1 Å². The van der Waals surface area contributed by atoms with Gasteiger partial charge in [-0.05, 0) is 36.4 Å². The van der Waals surface area contributed by atoms with Gasteiger partial charge in [-0.3, -0.25) is 0 Å². The summed E-state index contributed by atoms with van der Waals surface area (Å²) >= 11 is 0. The Morgan fingerprint density at radius 1 is 0.848 bits per heavy atom. The first-order chi connectivity index (χ1) is 15.7. The van der Waals surface area contributed by atoms with Gasteiger partial charge in [-0.1, -0.05) is 29.5 Å². The van der Waals surface area contributed by atoms with Gasteiger partial charge in [-0.25, -0.2) is 13.8 Å². The summed E-state index contributed by atoms with van der Waals surface area (Å²) in [6.45, 7) is 1.20. The van der Waals surface area contributed by atoms with Crippen molar-refractivity contribution in [2.75, 3.05) is 21.3 Å². The second kappa shape index (κ2) is 9.38. The third-order valence-electron chi connectivity index (χ3n) is 5.56. The maximum Gasteiger partial charge on any atom is 0.246 e. The van der Waals surface area contributed by atoms with Crippen molar-refractivity contribution in [2.24, 2.45) is 0 Å². The number of ether oxygens (including phenoxy) is 3. The van der Waals surface area contributed by atoms with Crippen LogP contribution in [-0.4, -0.2) is 40.9 Å². The van der Waals surface area contributed by atoms with Crippen molar-refractivity contribution in [2.45, 2.75) is 13.2 Å². The molecule has 8 nitrogen and oxygen atoms in total. The lowest BCUT2D eigenvalue weighted by atomic mass is 10.1. The minimum atomic E-state index is 0. The summed E-state index contributed by atoms with van der Waals surface area (Å²) in [5.41, 5.74) is 5.15. The summed E-state index contributed by atoms with van der Waals surface area (Å²) in [6, 6.07) is 20.2. The Morgan fingerprint density at radius 2 is 1.52 bits per heavy atom. The van der Waals surface area contributed by atoms with Gasteiger partial charge in [0.1, 0.15) is 12.1 Å². The lowest BCUT2D eigenvalue weighted by Crippen LogP contribution is -3.00. The Morgan fingerprint density at radius 3 is 2.21 bits per heavy atom. The Bertz CT molecular complexity index is 1390. The van der Waals surface area contributed by atoms with Crippen LogP contribution in [0.15, 0.2) is 67.0 Å². The summed E-state index contributed by atoms with van der Waals surface area (Å²) in [5.74, 6) is 1.87. The number of methoxy groups -OCH3 is 3. The van der Waals surface area contributed by atoms with Crippen molar-refractivity contribution in [3.63, 3.8) is 0 Å². The SMILES string of the molecule is COc1cc(Cn2c[n+](Cn3nnc4ccccc43)c3ccccc32)cc(OC)c1OC.[Cl-]. The first-order valence-electron chi connectivity index (χ1n) is 10.3. The zero-order valence-corrected chi connectivity index (χ0v) is 19.4. The summed E-state index contributed by atoms with van der Waals surface area (Å²) in [7, 11) is 4.86. The van der Waals surface area contributed by atoms with Crippen LogP contribution in [0, 0.1) is 0 Å². The highest BCUT2D eigenvalue weighted by Gasteiger charge is 2.19. The Labute approximate surface area is 197 Å². The van der Waals surface area contributed by atoms with Crippen LogP contribution in [0.1, 0.15) is 5.56 Å². The average Bonchev–Trinajstić information content (AvgIpc) is 3.40. The van der Waals surface area contributed by atoms with Gasteiger partial charge >= 0.3 is 0 Å². The molecule has 9 heteroatoms. The van der Waals surface area contributed by atoms with Gasteiger partial charge in [-0.2, -0.15) is 0 Å². The lowest BCUT2D eigenvalue weighted by molar-refractivity contribution is -0.677. The predicted molar refractivity (Wildman–Crippen MR) is 120 cm³/mol. The molecule has 0 fully saturated rings. The maximum atomic E-state index is 5.52. The van der Waals surface area contributed by atoms with Crippen molar-refractivity contribution < 1.29 is 31.2 Å². The van der Waals surface area contributed by atoms with Crippen LogP contribution in [0.25, 0.3) is 22.1 Å². The van der Waals surface area contributed by atoms with E-state index in [4.69, 9.17) is 14.2 Å². The molecule has 5 aromatic rings. The molecule has 0 N–H and O–H groups in total. The Kier molecular flexibility index (Phi) is 6.37. The average molecular weight is 466 g/mol. The van der Waals surface area contributed by atoms with Crippen LogP contribution in [-0.2, 0) is 13.2 Å². The second-order valence-corrected chi connectivity index (χ2v) is 7.45. The minimum Gasteiger partial charge on any atom is -1.00 e. The van der Waals surface area contributed by atoms with E-state index in [-0.39, 0.29) is 12.4 Å². The molecule has 0 aliphatic carbocycles. The molecule has 3 aromatic carbocycles. The first kappa shape index (κ1) is 22.4. The predicted octanol–water partition coefficient (Wildman–Crippen LogP) is 0.257. The van der Waals surface area contributed by atoms with E-state index in [1.165, 1.54) is 0 Å². The van der Waals surface area contributed by atoms with Crippen LogP contribution in [0.4, 0.5) is 0 Å². The fraction of sp³-hybridized carbons (Fsp3) is 0.208. The maximum absolute atomic E-state index is 5.52. The number of hydrogen-bond donors (Lipinski definition) is 0. The van der Waals surface area contributed by atoms with Crippen LogP contribution in [0.5, 0.6) is 17.2 Å². The monoisotopic (exact) mass is 465 g/mol. The van der Waals surface area contributed by atoms with Gasteiger partial charge in [0, 0.05) is 5.56 Å². The third kappa shape index (κ3) is 4.05. The molecule has 0 aliphatic heterocycles. The number of nitrogens with zero attached hydrogens (tertiary/aromatic N) is 5. The van der Waals surface area contributed by atoms with E-state index in [1.54, 1.807) is 21.3 Å². The highest BCUT2D eigenvalue weighted by molar-refractivity contribution is 5.74. The number of para-hydroxylation sites is 3. The fourth-order valence-corrected chi connectivity index (χ4v) is 4.07. The molecule has 33 heavy (non-hydrogen) atoms. The first-order valence-corrected chi connectivity index (χ1v) is 10.3. The Balaban J connectivity index is 0.00000259. The number of imidazole rings is 1. The van der Waals surface area contributed by atoms with Gasteiger partial charge in [0.25, 0.3) is 0 Å². The standard InChI is InChI=1S/C24H24N5O3.ClH/c1-30-22-12-17(13-23(31-2)24(22)32-3)14-27-15-28(21-11-7-6-10-20(21)27)16-29-19-9-5-4-8-18(19)25-26-29;/h4-13,15H,14,16H2,1-3H3;1H/q+1;/p-1. The number of fused-ring (bicyclic) bond motifs is 2. The van der Waals surface area contributed by atoms with Crippen LogP contribution in [0.3, 0.4) is 0 Å². The largest absolute Gasteiger partial charge is 1.00 e. The second-order valence-electron chi connectivity index (χ2n) is 7.45. The summed E-state index contributed by atoms with van der Waals surface area (Å²) < 4.78 is 22.8. The molecule has 0 saturated carbocycles. The number of benzene rings is 3. The van der Waals surface area contributed by atoms with Gasteiger partial charge in [-0.15, -0.1) is 5.10 Å². The molecular formula is C24H24ClN5O3. The highest BCUT2D eigenvalue weighted by atomic mass is 35.5. The summed E-state index contributed by atoms with van der Waals surface area (Å²) in [6.07, 6.45) is 2.10. The van der Waals surface area contributed by atoms with Crippen molar-refractivity contribution in [3.8, 4) is 17.2 Å². The Hall–Kier alpha value is -3.78. The molecule has 0 atom stereocenters. The molecule has 0 saturated heterocycles. The molecule has 0 aliphatic rings. The van der Waals surface area contributed by atoms with Gasteiger partial charge in [0.15, 0.2) is 29.2 Å². The zero-order chi connectivity index (χ0) is 22.1. The molecular weight excluding hydrogens is 442 g/mol. The lowest BCUT2D eigenvalue weighted by Gasteiger charge is -2.13. The number of halogens is 1. The molecule has 0 spiro atoms. The highest BCUT2D eigenvalue weighted by Crippen LogP contribution is 2.38. The topological polar surface area (TPSA) is 67.2 Å². The van der Waals surface area contributed by atoms with E-state index < -0.39 is 0 Å². The quantitative estimate of drug-likeness (QED) is 0.323. The molecule has 0 bridgehead atoms. The van der Waals surface area contributed by atoms with E-state index >= 15 is 0 Å². The van der Waals surface area contributed by atoms with Gasteiger partial charge < -0.3 is 26.6 Å². The summed E-state index contributed by atoms with van der Waals surface area (Å²) in [4.78, 5) is 0. The molecule has 2 heterocycles. The number of rotatable bonds is 7. The smallest absolute Gasteiger partial charge is 0.246 e. The zero-order valence-electron chi connectivity index (χ0n) is 18.6. The fourth-order valence-electron chi connectivity index (χ4n) is 4.07. The summed E-state index contributed by atoms with van der Waals surface area (Å²) in [5, 5.41) is 8.62. The normalized spacial score (nSPS) is 10.9. The number of hydrogen-bond acceptors (Lipinski definition) is 5. The van der Waals surface area contributed by atoms with E-state index in [2.05, 4.69) is 37.9 Å². The third-order valence-corrected chi connectivity index (χ3v) is 5.56. The molecule has 5 rings (SSSR count). The molecule has 0 amide bonds. The van der Waals surface area contributed by atoms with E-state index in [9.17, 15) is 0 Å². The van der Waals surface area contributed by atoms with Crippen molar-refractivity contribution >= 4 is 22.1 Å². The van der Waals surface area contributed by atoms with Gasteiger partial charge in [0.05, 0.1) is 26.8 Å². The van der Waals surface area contributed by atoms with Crippen molar-refractivity contribution in [3.05, 3.63) is 72.6 Å².